The first-order valence-electron chi connectivity index (χ1n) is 6.85. The summed E-state index contributed by atoms with van der Waals surface area (Å²) in [5, 5.41) is 0. The van der Waals surface area contributed by atoms with Crippen LogP contribution in [0.15, 0.2) is 36.0 Å². The number of hydrogen-bond acceptors (Lipinski definition) is 1. The number of carbonyl (C=O) groups excluding carboxylic acids is 1. The summed E-state index contributed by atoms with van der Waals surface area (Å²) in [6.07, 6.45) is 12.7. The second kappa shape index (κ2) is 13.8. The van der Waals surface area contributed by atoms with Crippen LogP contribution in [0.3, 0.4) is 0 Å². The van der Waals surface area contributed by atoms with E-state index in [0.717, 1.165) is 12.8 Å². The van der Waals surface area contributed by atoms with Crippen molar-refractivity contribution in [2.24, 2.45) is 11.7 Å². The predicted octanol–water partition coefficient (Wildman–Crippen LogP) is 4.38. The monoisotopic (exact) mass is 251 g/mol. The van der Waals surface area contributed by atoms with E-state index in [1.165, 1.54) is 5.57 Å². The minimum absolute atomic E-state index is 0.211. The average Bonchev–Trinajstić information content (AvgIpc) is 2.36. The first kappa shape index (κ1) is 19.0. The number of carbonyl (C=O) groups is 1. The maximum Gasteiger partial charge on any atom is 0.217 e. The lowest BCUT2D eigenvalue weighted by Gasteiger charge is -2.11. The molecule has 2 nitrogen and oxygen atoms in total. The topological polar surface area (TPSA) is 43.1 Å². The van der Waals surface area contributed by atoms with E-state index in [-0.39, 0.29) is 5.91 Å². The Morgan fingerprint density at radius 1 is 1.22 bits per heavy atom. The Balaban J connectivity index is 0. The third kappa shape index (κ3) is 11.2. The maximum atomic E-state index is 10.6. The molecule has 0 aliphatic rings. The van der Waals surface area contributed by atoms with E-state index >= 15 is 0 Å². The third-order valence-corrected chi connectivity index (χ3v) is 2.47. The molecule has 0 heterocycles. The zero-order chi connectivity index (χ0) is 14.4. The Morgan fingerprint density at radius 2 is 1.83 bits per heavy atom. The van der Waals surface area contributed by atoms with Gasteiger partial charge >= 0.3 is 0 Å². The molecule has 1 amide bonds. The Hall–Kier alpha value is -1.31. The highest BCUT2D eigenvalue weighted by molar-refractivity contribution is 5.73. The summed E-state index contributed by atoms with van der Waals surface area (Å²) in [6.45, 7) is 10.2. The van der Waals surface area contributed by atoms with Crippen LogP contribution in [0.1, 0.15) is 53.9 Å². The largest absolute Gasteiger partial charge is 0.370 e. The Kier molecular flexibility index (Phi) is 14.5. The van der Waals surface area contributed by atoms with Gasteiger partial charge in [0.15, 0.2) is 0 Å². The van der Waals surface area contributed by atoms with Gasteiger partial charge in [0, 0.05) is 6.42 Å². The zero-order valence-corrected chi connectivity index (χ0v) is 12.6. The Bertz CT molecular complexity index is 287. The first-order chi connectivity index (χ1) is 8.61. The molecule has 2 N–H and O–H groups in total. The minimum Gasteiger partial charge on any atom is -0.370 e. The molecule has 0 aromatic rings. The van der Waals surface area contributed by atoms with Crippen LogP contribution in [0, 0.1) is 5.92 Å². The molecule has 0 saturated carbocycles. The fourth-order valence-electron chi connectivity index (χ4n) is 1.53. The molecule has 1 atom stereocenters. The van der Waals surface area contributed by atoms with Gasteiger partial charge in [-0.05, 0) is 38.2 Å². The van der Waals surface area contributed by atoms with Gasteiger partial charge in [-0.3, -0.25) is 4.79 Å². The van der Waals surface area contributed by atoms with Crippen LogP contribution >= 0.6 is 0 Å². The van der Waals surface area contributed by atoms with Crippen molar-refractivity contribution in [3.05, 3.63) is 36.0 Å². The molecule has 0 bridgehead atoms. The van der Waals surface area contributed by atoms with E-state index < -0.39 is 0 Å². The van der Waals surface area contributed by atoms with Crippen molar-refractivity contribution in [2.45, 2.75) is 53.9 Å². The number of primary amides is 1. The summed E-state index contributed by atoms with van der Waals surface area (Å²) in [4.78, 5) is 10.6. The Labute approximate surface area is 113 Å². The molecule has 0 fully saturated rings. The minimum atomic E-state index is -0.211. The van der Waals surface area contributed by atoms with Gasteiger partial charge in [-0.15, -0.1) is 0 Å². The fourth-order valence-corrected chi connectivity index (χ4v) is 1.53. The lowest BCUT2D eigenvalue weighted by atomic mass is 9.94. The van der Waals surface area contributed by atoms with Crippen LogP contribution in [0.2, 0.25) is 0 Å². The van der Waals surface area contributed by atoms with Crippen LogP contribution in [-0.4, -0.2) is 5.91 Å². The quantitative estimate of drug-likeness (QED) is 0.670. The average molecular weight is 251 g/mol. The van der Waals surface area contributed by atoms with Gasteiger partial charge in [0.05, 0.1) is 0 Å². The highest BCUT2D eigenvalue weighted by Gasteiger charge is 2.06. The predicted molar refractivity (Wildman–Crippen MR) is 81.3 cm³/mol. The molecule has 2 heteroatoms. The van der Waals surface area contributed by atoms with E-state index in [9.17, 15) is 4.79 Å². The molecule has 0 aromatic heterocycles. The van der Waals surface area contributed by atoms with Crippen LogP contribution in [0.4, 0.5) is 0 Å². The number of nitrogens with two attached hydrogens (primary N) is 1. The van der Waals surface area contributed by atoms with Gasteiger partial charge in [0.1, 0.15) is 0 Å². The number of rotatable bonds is 7. The standard InChI is InChI=1S/C14H23NO.C2H6/c1-4-6-10-13(8-5-2)12(3)9-7-11-14(15)16;1-2/h4-6,8,10,12H,7,9,11H2,1-3H3,(H2,15,16);1-2H3/b6-4-,8-5-,13-10+;. The summed E-state index contributed by atoms with van der Waals surface area (Å²) in [5.41, 5.74) is 6.41. The van der Waals surface area contributed by atoms with Gasteiger partial charge in [0.25, 0.3) is 0 Å². The second-order valence-electron chi connectivity index (χ2n) is 3.95. The van der Waals surface area contributed by atoms with Crippen molar-refractivity contribution in [2.75, 3.05) is 0 Å². The van der Waals surface area contributed by atoms with Gasteiger partial charge < -0.3 is 5.73 Å². The van der Waals surface area contributed by atoms with Crippen molar-refractivity contribution in [3.8, 4) is 0 Å². The van der Waals surface area contributed by atoms with E-state index in [4.69, 9.17) is 5.73 Å². The van der Waals surface area contributed by atoms with Crippen LogP contribution in [0.25, 0.3) is 0 Å². The third-order valence-electron chi connectivity index (χ3n) is 2.47. The van der Waals surface area contributed by atoms with Gasteiger partial charge in [-0.1, -0.05) is 51.2 Å². The van der Waals surface area contributed by atoms with Crippen LogP contribution < -0.4 is 5.73 Å². The van der Waals surface area contributed by atoms with E-state index in [0.29, 0.717) is 12.3 Å². The van der Waals surface area contributed by atoms with Gasteiger partial charge in [-0.25, -0.2) is 0 Å². The molecule has 0 aromatic carbocycles. The smallest absolute Gasteiger partial charge is 0.217 e. The molecule has 0 aliphatic heterocycles. The van der Waals surface area contributed by atoms with E-state index in [2.05, 4.69) is 19.1 Å². The Morgan fingerprint density at radius 3 is 2.28 bits per heavy atom. The molecule has 0 spiro atoms. The summed E-state index contributed by atoms with van der Waals surface area (Å²) >= 11 is 0. The van der Waals surface area contributed by atoms with E-state index in [1.54, 1.807) is 0 Å². The molecule has 0 rings (SSSR count). The molecule has 0 aliphatic carbocycles. The molecule has 104 valence electrons. The number of allylic oxidation sites excluding steroid dienone is 6. The SMILES string of the molecule is CC.C\C=C/C=C(\C=C/C)C(C)CCCC(N)=O. The zero-order valence-electron chi connectivity index (χ0n) is 12.6. The second-order valence-corrected chi connectivity index (χ2v) is 3.95. The van der Waals surface area contributed by atoms with Gasteiger partial charge in [-0.2, -0.15) is 0 Å². The molecule has 1 unspecified atom stereocenters. The van der Waals surface area contributed by atoms with E-state index in [1.807, 2.05) is 45.9 Å². The summed E-state index contributed by atoms with van der Waals surface area (Å²) in [7, 11) is 0. The van der Waals surface area contributed by atoms with Crippen LogP contribution in [0.5, 0.6) is 0 Å². The maximum absolute atomic E-state index is 10.6. The highest BCUT2D eigenvalue weighted by atomic mass is 16.1. The fraction of sp³-hybridized carbons (Fsp3) is 0.562. The van der Waals surface area contributed by atoms with Crippen molar-refractivity contribution in [1.29, 1.82) is 0 Å². The highest BCUT2D eigenvalue weighted by Crippen LogP contribution is 2.19. The number of amides is 1. The first-order valence-corrected chi connectivity index (χ1v) is 6.85. The van der Waals surface area contributed by atoms with Crippen molar-refractivity contribution in [3.63, 3.8) is 0 Å². The summed E-state index contributed by atoms with van der Waals surface area (Å²) in [5.74, 6) is 0.254. The lowest BCUT2D eigenvalue weighted by Crippen LogP contribution is -2.10. The molecule has 18 heavy (non-hydrogen) atoms. The van der Waals surface area contributed by atoms with Gasteiger partial charge in [0.2, 0.25) is 5.91 Å². The van der Waals surface area contributed by atoms with Crippen LogP contribution in [-0.2, 0) is 4.79 Å². The van der Waals surface area contributed by atoms with Crippen molar-refractivity contribution >= 4 is 5.91 Å². The lowest BCUT2D eigenvalue weighted by molar-refractivity contribution is -0.118. The molecular weight excluding hydrogens is 222 g/mol. The van der Waals surface area contributed by atoms with Crippen molar-refractivity contribution < 1.29 is 4.79 Å². The molecule has 0 saturated heterocycles. The molecular formula is C16H29NO. The summed E-state index contributed by atoms with van der Waals surface area (Å²) in [6, 6.07) is 0. The summed E-state index contributed by atoms with van der Waals surface area (Å²) < 4.78 is 0. The normalized spacial score (nSPS) is 13.5. The number of hydrogen-bond donors (Lipinski definition) is 1. The van der Waals surface area contributed by atoms with Crippen molar-refractivity contribution in [1.82, 2.24) is 0 Å². The molecule has 0 radical (unpaired) electrons.